The lowest BCUT2D eigenvalue weighted by molar-refractivity contribution is -0.137. The quantitative estimate of drug-likeness (QED) is 0.690. The fraction of sp³-hybridized carbons (Fsp3) is 0.562. The maximum Gasteiger partial charge on any atom is 0.303 e. The summed E-state index contributed by atoms with van der Waals surface area (Å²) in [6.07, 6.45) is 3.07. The zero-order valence-corrected chi connectivity index (χ0v) is 12.0. The first-order valence-corrected chi connectivity index (χ1v) is 7.19. The van der Waals surface area contributed by atoms with Crippen molar-refractivity contribution < 1.29 is 9.90 Å². The van der Waals surface area contributed by atoms with E-state index >= 15 is 0 Å². The Morgan fingerprint density at radius 1 is 1.21 bits per heavy atom. The number of hydrogen-bond donors (Lipinski definition) is 1. The topological polar surface area (TPSA) is 40.5 Å². The summed E-state index contributed by atoms with van der Waals surface area (Å²) >= 11 is 0. The number of hydrogen-bond acceptors (Lipinski definition) is 2. The zero-order valence-electron chi connectivity index (χ0n) is 12.0. The van der Waals surface area contributed by atoms with Crippen LogP contribution >= 0.6 is 0 Å². The van der Waals surface area contributed by atoms with E-state index in [0.29, 0.717) is 6.04 Å². The molecule has 1 N–H and O–H groups in total. The van der Waals surface area contributed by atoms with E-state index in [2.05, 4.69) is 43.0 Å². The number of carbonyl (C=O) groups is 1. The highest BCUT2D eigenvalue weighted by molar-refractivity contribution is 5.66. The monoisotopic (exact) mass is 263 g/mol. The molecule has 3 heteroatoms. The molecule has 3 nitrogen and oxygen atoms in total. The summed E-state index contributed by atoms with van der Waals surface area (Å²) in [7, 11) is 0. The second-order valence-electron chi connectivity index (χ2n) is 4.81. The standard InChI is InChI=1S/C16H25NO2/c1-3-15(14-10-6-5-7-11-14)17(4-2)13-9-8-12-16(18)19/h5-7,10-11,15H,3-4,8-9,12-13H2,1-2H3,(H,18,19). The van der Waals surface area contributed by atoms with E-state index in [-0.39, 0.29) is 6.42 Å². The van der Waals surface area contributed by atoms with Crippen molar-refractivity contribution in [3.63, 3.8) is 0 Å². The minimum atomic E-state index is -0.696. The molecule has 1 aromatic rings. The molecule has 1 aromatic carbocycles. The van der Waals surface area contributed by atoms with E-state index < -0.39 is 5.97 Å². The summed E-state index contributed by atoms with van der Waals surface area (Å²) in [4.78, 5) is 13.0. The first-order chi connectivity index (χ1) is 9.19. The fourth-order valence-electron chi connectivity index (χ4n) is 2.51. The molecule has 0 bridgehead atoms. The average Bonchev–Trinajstić information content (AvgIpc) is 2.43. The highest BCUT2D eigenvalue weighted by Gasteiger charge is 2.16. The van der Waals surface area contributed by atoms with Crippen LogP contribution in [0.25, 0.3) is 0 Å². The Morgan fingerprint density at radius 2 is 1.89 bits per heavy atom. The van der Waals surface area contributed by atoms with E-state index in [1.807, 2.05) is 6.07 Å². The molecule has 0 heterocycles. The molecular weight excluding hydrogens is 238 g/mol. The van der Waals surface area contributed by atoms with Crippen LogP contribution in [-0.4, -0.2) is 29.1 Å². The molecule has 0 radical (unpaired) electrons. The zero-order chi connectivity index (χ0) is 14.1. The van der Waals surface area contributed by atoms with E-state index in [1.165, 1.54) is 5.56 Å². The minimum Gasteiger partial charge on any atom is -0.481 e. The van der Waals surface area contributed by atoms with Gasteiger partial charge in [0.05, 0.1) is 0 Å². The van der Waals surface area contributed by atoms with Crippen LogP contribution in [0, 0.1) is 0 Å². The van der Waals surface area contributed by atoms with Crippen LogP contribution in [-0.2, 0) is 4.79 Å². The van der Waals surface area contributed by atoms with Gasteiger partial charge in [-0.15, -0.1) is 0 Å². The Balaban J connectivity index is 2.53. The Bertz CT molecular complexity index is 364. The molecule has 0 spiro atoms. The van der Waals surface area contributed by atoms with Gasteiger partial charge in [0, 0.05) is 12.5 Å². The molecule has 1 atom stereocenters. The lowest BCUT2D eigenvalue weighted by Gasteiger charge is -2.30. The van der Waals surface area contributed by atoms with Crippen molar-refractivity contribution >= 4 is 5.97 Å². The maximum atomic E-state index is 10.5. The predicted molar refractivity (Wildman–Crippen MR) is 78.2 cm³/mol. The molecule has 0 aliphatic rings. The van der Waals surface area contributed by atoms with Gasteiger partial charge in [-0.25, -0.2) is 0 Å². The molecular formula is C16H25NO2. The van der Waals surface area contributed by atoms with Gasteiger partial charge >= 0.3 is 5.97 Å². The van der Waals surface area contributed by atoms with Gasteiger partial charge < -0.3 is 5.11 Å². The lowest BCUT2D eigenvalue weighted by Crippen LogP contribution is -2.29. The fourth-order valence-corrected chi connectivity index (χ4v) is 2.51. The van der Waals surface area contributed by atoms with Gasteiger partial charge in [-0.05, 0) is 37.9 Å². The molecule has 0 fully saturated rings. The van der Waals surface area contributed by atoms with Crippen LogP contribution in [0.4, 0.5) is 0 Å². The summed E-state index contributed by atoms with van der Waals surface area (Å²) in [6.45, 7) is 6.35. The number of carboxylic acids is 1. The Labute approximate surface area is 116 Å². The van der Waals surface area contributed by atoms with E-state index in [9.17, 15) is 4.79 Å². The third kappa shape index (κ3) is 5.43. The summed E-state index contributed by atoms with van der Waals surface area (Å²) in [5.74, 6) is -0.696. The Morgan fingerprint density at radius 3 is 2.42 bits per heavy atom. The number of carboxylic acid groups (broad SMARTS) is 1. The van der Waals surface area contributed by atoms with Crippen molar-refractivity contribution in [2.45, 2.75) is 45.6 Å². The minimum absolute atomic E-state index is 0.277. The van der Waals surface area contributed by atoms with Crippen molar-refractivity contribution in [2.24, 2.45) is 0 Å². The Kier molecular flexibility index (Phi) is 7.19. The van der Waals surface area contributed by atoms with Gasteiger partial charge in [-0.2, -0.15) is 0 Å². The van der Waals surface area contributed by atoms with Crippen LogP contribution in [0.2, 0.25) is 0 Å². The number of nitrogens with zero attached hydrogens (tertiary/aromatic N) is 1. The molecule has 0 aliphatic heterocycles. The van der Waals surface area contributed by atoms with Gasteiger partial charge in [0.2, 0.25) is 0 Å². The summed E-state index contributed by atoms with van der Waals surface area (Å²) in [5.41, 5.74) is 1.35. The maximum absolute atomic E-state index is 10.5. The number of benzene rings is 1. The van der Waals surface area contributed by atoms with Gasteiger partial charge in [0.1, 0.15) is 0 Å². The van der Waals surface area contributed by atoms with E-state index in [0.717, 1.165) is 32.4 Å². The van der Waals surface area contributed by atoms with E-state index in [4.69, 9.17) is 5.11 Å². The summed E-state index contributed by atoms with van der Waals surface area (Å²) in [6, 6.07) is 11.0. The molecule has 0 aliphatic carbocycles. The second kappa shape index (κ2) is 8.70. The van der Waals surface area contributed by atoms with Crippen molar-refractivity contribution in [1.29, 1.82) is 0 Å². The molecule has 19 heavy (non-hydrogen) atoms. The molecule has 1 rings (SSSR count). The predicted octanol–water partition coefficient (Wildman–Crippen LogP) is 3.71. The van der Waals surface area contributed by atoms with E-state index in [1.54, 1.807) is 0 Å². The lowest BCUT2D eigenvalue weighted by atomic mass is 10.0. The van der Waals surface area contributed by atoms with Crippen LogP contribution in [0.15, 0.2) is 30.3 Å². The molecule has 1 unspecified atom stereocenters. The number of unbranched alkanes of at least 4 members (excludes halogenated alkanes) is 1. The molecule has 0 saturated carbocycles. The first kappa shape index (κ1) is 15.7. The highest BCUT2D eigenvalue weighted by Crippen LogP contribution is 2.24. The SMILES string of the molecule is CCC(c1ccccc1)N(CC)CCCCC(=O)O. The Hall–Kier alpha value is -1.35. The van der Waals surface area contributed by atoms with Gasteiger partial charge in [-0.3, -0.25) is 9.69 Å². The van der Waals surface area contributed by atoms with Crippen LogP contribution in [0.5, 0.6) is 0 Å². The van der Waals surface area contributed by atoms with Crippen molar-refractivity contribution in [1.82, 2.24) is 4.90 Å². The third-order valence-electron chi connectivity index (χ3n) is 3.50. The van der Waals surface area contributed by atoms with Crippen LogP contribution < -0.4 is 0 Å². The van der Waals surface area contributed by atoms with Crippen molar-refractivity contribution in [3.05, 3.63) is 35.9 Å². The largest absolute Gasteiger partial charge is 0.481 e. The summed E-state index contributed by atoms with van der Waals surface area (Å²) < 4.78 is 0. The van der Waals surface area contributed by atoms with Crippen LogP contribution in [0.1, 0.15) is 51.1 Å². The molecule has 106 valence electrons. The summed E-state index contributed by atoms with van der Waals surface area (Å²) in [5, 5.41) is 8.66. The smallest absolute Gasteiger partial charge is 0.303 e. The number of aliphatic carboxylic acids is 1. The normalized spacial score (nSPS) is 12.6. The molecule has 0 amide bonds. The second-order valence-corrected chi connectivity index (χ2v) is 4.81. The van der Waals surface area contributed by atoms with Gasteiger partial charge in [-0.1, -0.05) is 44.2 Å². The highest BCUT2D eigenvalue weighted by atomic mass is 16.4. The average molecular weight is 263 g/mol. The molecule has 0 aromatic heterocycles. The van der Waals surface area contributed by atoms with Gasteiger partial charge in [0.15, 0.2) is 0 Å². The van der Waals surface area contributed by atoms with Crippen molar-refractivity contribution in [2.75, 3.05) is 13.1 Å². The molecule has 0 saturated heterocycles. The number of rotatable bonds is 9. The van der Waals surface area contributed by atoms with Crippen molar-refractivity contribution in [3.8, 4) is 0 Å². The van der Waals surface area contributed by atoms with Crippen LogP contribution in [0.3, 0.4) is 0 Å². The van der Waals surface area contributed by atoms with Gasteiger partial charge in [0.25, 0.3) is 0 Å². The third-order valence-corrected chi connectivity index (χ3v) is 3.50. The first-order valence-electron chi connectivity index (χ1n) is 7.19.